The average Bonchev–Trinajstić information content (AvgIpc) is 2.41. The summed E-state index contributed by atoms with van der Waals surface area (Å²) in [5.74, 6) is 0.537. The van der Waals surface area contributed by atoms with Crippen molar-refractivity contribution < 1.29 is 0 Å². The predicted molar refractivity (Wildman–Crippen MR) is 90.9 cm³/mol. The zero-order valence-corrected chi connectivity index (χ0v) is 12.9. The molecule has 0 aliphatic rings. The molecule has 0 aromatic heterocycles. The van der Waals surface area contributed by atoms with Crippen molar-refractivity contribution in [1.82, 2.24) is 0 Å². The van der Waals surface area contributed by atoms with E-state index in [9.17, 15) is 0 Å². The van der Waals surface area contributed by atoms with Gasteiger partial charge in [-0.05, 0) is 42.2 Å². The SMILES string of the molecule is Cc1cccc(C(N)=S)c1Nc1ccc(C(C)C)cc1. The zero-order chi connectivity index (χ0) is 14.7. The molecule has 2 rings (SSSR count). The maximum atomic E-state index is 5.79. The van der Waals surface area contributed by atoms with Crippen LogP contribution in [0.2, 0.25) is 0 Å². The molecule has 0 atom stereocenters. The number of aryl methyl sites for hydroxylation is 1. The lowest BCUT2D eigenvalue weighted by atomic mass is 10.0. The highest BCUT2D eigenvalue weighted by Crippen LogP contribution is 2.26. The Labute approximate surface area is 126 Å². The zero-order valence-electron chi connectivity index (χ0n) is 12.1. The molecule has 104 valence electrons. The highest BCUT2D eigenvalue weighted by Gasteiger charge is 2.08. The van der Waals surface area contributed by atoms with E-state index < -0.39 is 0 Å². The lowest BCUT2D eigenvalue weighted by molar-refractivity contribution is 0.867. The second-order valence-corrected chi connectivity index (χ2v) is 5.70. The Bertz CT molecular complexity index is 615. The maximum absolute atomic E-state index is 5.79. The highest BCUT2D eigenvalue weighted by molar-refractivity contribution is 7.80. The topological polar surface area (TPSA) is 38.0 Å². The molecule has 3 heteroatoms. The Hall–Kier alpha value is -1.87. The minimum Gasteiger partial charge on any atom is -0.389 e. The molecule has 2 nitrogen and oxygen atoms in total. The third-order valence-electron chi connectivity index (χ3n) is 3.38. The molecule has 0 aliphatic heterocycles. The molecule has 0 spiro atoms. The summed E-state index contributed by atoms with van der Waals surface area (Å²) in [4.78, 5) is 0.412. The molecular weight excluding hydrogens is 264 g/mol. The Morgan fingerprint density at radius 2 is 1.75 bits per heavy atom. The van der Waals surface area contributed by atoms with Crippen LogP contribution in [0.1, 0.15) is 36.5 Å². The van der Waals surface area contributed by atoms with E-state index in [4.69, 9.17) is 18.0 Å². The molecule has 2 aromatic rings. The average molecular weight is 284 g/mol. The summed E-state index contributed by atoms with van der Waals surface area (Å²) in [6.07, 6.45) is 0. The molecule has 0 saturated carbocycles. The van der Waals surface area contributed by atoms with Crippen molar-refractivity contribution >= 4 is 28.6 Å². The number of benzene rings is 2. The monoisotopic (exact) mass is 284 g/mol. The molecule has 0 unspecified atom stereocenters. The molecule has 20 heavy (non-hydrogen) atoms. The molecule has 0 fully saturated rings. The lowest BCUT2D eigenvalue weighted by Crippen LogP contribution is -2.12. The molecule has 3 N–H and O–H groups in total. The fourth-order valence-corrected chi connectivity index (χ4v) is 2.30. The number of para-hydroxylation sites is 1. The molecule has 0 aliphatic carbocycles. The van der Waals surface area contributed by atoms with Gasteiger partial charge in [0.15, 0.2) is 0 Å². The van der Waals surface area contributed by atoms with Gasteiger partial charge in [0, 0.05) is 11.3 Å². The van der Waals surface area contributed by atoms with Gasteiger partial charge < -0.3 is 11.1 Å². The standard InChI is InChI=1S/C17H20N2S/c1-11(2)13-7-9-14(10-8-13)19-16-12(3)5-4-6-15(16)17(18)20/h4-11,19H,1-3H3,(H2,18,20). The molecule has 0 saturated heterocycles. The predicted octanol–water partition coefficient (Wildman–Crippen LogP) is 4.50. The summed E-state index contributed by atoms with van der Waals surface area (Å²) in [5, 5.41) is 3.42. The van der Waals surface area contributed by atoms with Gasteiger partial charge in [0.25, 0.3) is 0 Å². The first-order valence-corrected chi connectivity index (χ1v) is 7.16. The van der Waals surface area contributed by atoms with Crippen LogP contribution in [-0.2, 0) is 0 Å². The number of nitrogens with one attached hydrogen (secondary N) is 1. The van der Waals surface area contributed by atoms with Crippen LogP contribution in [0.25, 0.3) is 0 Å². The van der Waals surface area contributed by atoms with E-state index in [0.29, 0.717) is 10.9 Å². The number of nitrogens with two attached hydrogens (primary N) is 1. The van der Waals surface area contributed by atoms with Crippen LogP contribution in [-0.4, -0.2) is 4.99 Å². The van der Waals surface area contributed by atoms with Crippen molar-refractivity contribution in [3.8, 4) is 0 Å². The molecule has 0 amide bonds. The maximum Gasteiger partial charge on any atom is 0.106 e. The fourth-order valence-electron chi connectivity index (χ4n) is 2.13. The van der Waals surface area contributed by atoms with Gasteiger partial charge in [-0.15, -0.1) is 0 Å². The van der Waals surface area contributed by atoms with Gasteiger partial charge in [-0.1, -0.05) is 50.3 Å². The molecule has 0 bridgehead atoms. The van der Waals surface area contributed by atoms with E-state index in [1.165, 1.54) is 5.56 Å². The number of hydrogen-bond acceptors (Lipinski definition) is 2. The van der Waals surface area contributed by atoms with Crippen LogP contribution in [0.4, 0.5) is 11.4 Å². The van der Waals surface area contributed by atoms with E-state index >= 15 is 0 Å². The van der Waals surface area contributed by atoms with E-state index in [-0.39, 0.29) is 0 Å². The number of anilines is 2. The Morgan fingerprint density at radius 3 is 2.30 bits per heavy atom. The van der Waals surface area contributed by atoms with Crippen molar-refractivity contribution in [2.45, 2.75) is 26.7 Å². The van der Waals surface area contributed by atoms with Crippen molar-refractivity contribution in [2.24, 2.45) is 5.73 Å². The Morgan fingerprint density at radius 1 is 1.10 bits per heavy atom. The van der Waals surface area contributed by atoms with Crippen molar-refractivity contribution in [1.29, 1.82) is 0 Å². The smallest absolute Gasteiger partial charge is 0.106 e. The first-order chi connectivity index (χ1) is 9.49. The third kappa shape index (κ3) is 3.17. The van der Waals surface area contributed by atoms with Crippen molar-refractivity contribution in [2.75, 3.05) is 5.32 Å². The molecule has 0 heterocycles. The summed E-state index contributed by atoms with van der Waals surface area (Å²) >= 11 is 5.12. The lowest BCUT2D eigenvalue weighted by Gasteiger charge is -2.15. The first kappa shape index (κ1) is 14.5. The number of thiocarbonyl (C=S) groups is 1. The van der Waals surface area contributed by atoms with E-state index in [1.807, 2.05) is 25.1 Å². The quantitative estimate of drug-likeness (QED) is 0.812. The van der Waals surface area contributed by atoms with E-state index in [0.717, 1.165) is 22.5 Å². The van der Waals surface area contributed by atoms with Gasteiger partial charge in [-0.25, -0.2) is 0 Å². The molecule has 2 aromatic carbocycles. The molecular formula is C17H20N2S. The minimum atomic E-state index is 0.412. The van der Waals surface area contributed by atoms with Crippen molar-refractivity contribution in [3.05, 3.63) is 59.2 Å². The Balaban J connectivity index is 2.32. The van der Waals surface area contributed by atoms with Crippen LogP contribution in [0, 0.1) is 6.92 Å². The second kappa shape index (κ2) is 6.06. The van der Waals surface area contributed by atoms with Gasteiger partial charge in [0.05, 0.1) is 5.69 Å². The summed E-state index contributed by atoms with van der Waals surface area (Å²) in [6, 6.07) is 14.4. The fraction of sp³-hybridized carbons (Fsp3) is 0.235. The largest absolute Gasteiger partial charge is 0.389 e. The summed E-state index contributed by atoms with van der Waals surface area (Å²) < 4.78 is 0. The van der Waals surface area contributed by atoms with E-state index in [1.54, 1.807) is 0 Å². The minimum absolute atomic E-state index is 0.412. The second-order valence-electron chi connectivity index (χ2n) is 5.26. The number of rotatable bonds is 4. The molecule has 0 radical (unpaired) electrons. The van der Waals surface area contributed by atoms with Gasteiger partial charge in [0.1, 0.15) is 4.99 Å². The van der Waals surface area contributed by atoms with Crippen LogP contribution in [0.15, 0.2) is 42.5 Å². The third-order valence-corrected chi connectivity index (χ3v) is 3.60. The normalized spacial score (nSPS) is 10.6. The summed E-state index contributed by atoms with van der Waals surface area (Å²) in [5.41, 5.74) is 11.2. The van der Waals surface area contributed by atoms with E-state index in [2.05, 4.69) is 43.4 Å². The van der Waals surface area contributed by atoms with Crippen LogP contribution in [0.5, 0.6) is 0 Å². The van der Waals surface area contributed by atoms with Crippen molar-refractivity contribution in [3.63, 3.8) is 0 Å². The first-order valence-electron chi connectivity index (χ1n) is 6.75. The van der Waals surface area contributed by atoms with Gasteiger partial charge in [-0.3, -0.25) is 0 Å². The van der Waals surface area contributed by atoms with Gasteiger partial charge in [-0.2, -0.15) is 0 Å². The van der Waals surface area contributed by atoms with Crippen LogP contribution < -0.4 is 11.1 Å². The summed E-state index contributed by atoms with van der Waals surface area (Å²) in [7, 11) is 0. The van der Waals surface area contributed by atoms with Crippen LogP contribution >= 0.6 is 12.2 Å². The summed E-state index contributed by atoms with van der Waals surface area (Å²) in [6.45, 7) is 6.43. The van der Waals surface area contributed by atoms with Gasteiger partial charge in [0.2, 0.25) is 0 Å². The van der Waals surface area contributed by atoms with Gasteiger partial charge >= 0.3 is 0 Å². The number of hydrogen-bond donors (Lipinski definition) is 2. The van der Waals surface area contributed by atoms with Crippen LogP contribution in [0.3, 0.4) is 0 Å². The highest BCUT2D eigenvalue weighted by atomic mass is 32.1. The Kier molecular flexibility index (Phi) is 4.40.